The molecule has 0 aromatic rings. The summed E-state index contributed by atoms with van der Waals surface area (Å²) in [6.45, 7) is 32.2. The van der Waals surface area contributed by atoms with Crippen LogP contribution in [0.4, 0.5) is 0 Å². The molecule has 2 fully saturated rings. The second-order valence-electron chi connectivity index (χ2n) is 18.8. The Balaban J connectivity index is 1.79. The first-order chi connectivity index (χ1) is 23.9. The summed E-state index contributed by atoms with van der Waals surface area (Å²) in [5.41, 5.74) is 5.19. The summed E-state index contributed by atoms with van der Waals surface area (Å²) in [4.78, 5) is 0. The average Bonchev–Trinajstić information content (AvgIpc) is 3.88. The maximum Gasteiger partial charge on any atom is 0.00448 e. The molecule has 0 aromatic carbocycles. The van der Waals surface area contributed by atoms with Gasteiger partial charge in [-0.25, -0.2) is 0 Å². The molecule has 0 heterocycles. The van der Waals surface area contributed by atoms with Crippen LogP contribution in [0.15, 0.2) is 34.9 Å². The van der Waals surface area contributed by atoms with Crippen LogP contribution in [0.1, 0.15) is 212 Å². The molecule has 2 rings (SSSR count). The quantitative estimate of drug-likeness (QED) is 0.0716. The van der Waals surface area contributed by atoms with Crippen molar-refractivity contribution < 1.29 is 0 Å². The molecule has 292 valence electrons. The number of allylic oxidation sites excluding steroid dienone is 6. The molecule has 2 saturated carbocycles. The van der Waals surface area contributed by atoms with Crippen LogP contribution in [0.3, 0.4) is 0 Å². The molecule has 0 amide bonds. The fraction of sp³-hybridized carbons (Fsp3) is 0.880. The Hall–Kier alpha value is -0.780. The summed E-state index contributed by atoms with van der Waals surface area (Å²) in [6.07, 6.45) is 33.7. The van der Waals surface area contributed by atoms with Crippen molar-refractivity contribution in [3.63, 3.8) is 0 Å². The molecule has 2 aliphatic carbocycles. The van der Waals surface area contributed by atoms with Gasteiger partial charge in [0.25, 0.3) is 0 Å². The lowest BCUT2D eigenvalue weighted by molar-refractivity contribution is 0.0636. The smallest absolute Gasteiger partial charge is 0.00448 e. The molecule has 0 heteroatoms. The highest BCUT2D eigenvalue weighted by atomic mass is 14.4. The number of hydrogen-bond donors (Lipinski definition) is 0. The van der Waals surface area contributed by atoms with Crippen molar-refractivity contribution in [2.45, 2.75) is 212 Å². The Morgan fingerprint density at radius 1 is 0.740 bits per heavy atom. The molecule has 12 atom stereocenters. The van der Waals surface area contributed by atoms with Crippen LogP contribution in [0, 0.1) is 71.0 Å². The van der Waals surface area contributed by atoms with E-state index in [4.69, 9.17) is 0 Å². The van der Waals surface area contributed by atoms with Crippen LogP contribution in [0.25, 0.3) is 0 Å². The summed E-state index contributed by atoms with van der Waals surface area (Å²) in [7, 11) is 0. The number of rotatable bonds is 28. The molecule has 0 spiro atoms. The number of hydrogen-bond acceptors (Lipinski definition) is 0. The first kappa shape index (κ1) is 45.4. The summed E-state index contributed by atoms with van der Waals surface area (Å²) in [6, 6.07) is 0. The van der Waals surface area contributed by atoms with Gasteiger partial charge in [-0.3, -0.25) is 0 Å². The van der Waals surface area contributed by atoms with E-state index in [1.165, 1.54) is 116 Å². The zero-order valence-electron chi connectivity index (χ0n) is 36.6. The van der Waals surface area contributed by atoms with Crippen molar-refractivity contribution in [2.24, 2.45) is 71.0 Å². The molecular weight excluding hydrogens is 601 g/mol. The predicted octanol–water partition coefficient (Wildman–Crippen LogP) is 16.9. The highest BCUT2D eigenvalue weighted by Gasteiger charge is 2.38. The summed E-state index contributed by atoms with van der Waals surface area (Å²) in [5, 5.41) is 0. The molecule has 0 aliphatic heterocycles. The molecule has 0 radical (unpaired) electrons. The zero-order valence-corrected chi connectivity index (χ0v) is 36.6. The lowest BCUT2D eigenvalue weighted by Crippen LogP contribution is -2.35. The minimum absolute atomic E-state index is 0.680. The normalized spacial score (nSPS) is 26.1. The van der Waals surface area contributed by atoms with Gasteiger partial charge in [0.05, 0.1) is 0 Å². The van der Waals surface area contributed by atoms with Crippen molar-refractivity contribution in [3.8, 4) is 0 Å². The monoisotopic (exact) mass is 693 g/mol. The van der Waals surface area contributed by atoms with E-state index < -0.39 is 0 Å². The fourth-order valence-electron chi connectivity index (χ4n) is 10.5. The van der Waals surface area contributed by atoms with Gasteiger partial charge in [-0.2, -0.15) is 0 Å². The third-order valence-electron chi connectivity index (χ3n) is 15.0. The topological polar surface area (TPSA) is 0 Å². The standard InChI is InChI=1S/C50H92/c1-14-19-20-21-26-45(17-4)50-35-49(50)42(12)33-41(11)47(18-5)43(13)40(10)34-46-31-32-48(46)39(9)28-30-44(16-3)29-27-36(6)24-22-25-38(8)37(7)23-15-2/h19-20,33,36-41,43-44,46-49H,14-18,21-32,34-35H2,1-13H3. The Kier molecular flexibility index (Phi) is 22.3. The van der Waals surface area contributed by atoms with Gasteiger partial charge in [0.2, 0.25) is 0 Å². The van der Waals surface area contributed by atoms with Gasteiger partial charge < -0.3 is 0 Å². The summed E-state index contributed by atoms with van der Waals surface area (Å²) < 4.78 is 0. The van der Waals surface area contributed by atoms with Gasteiger partial charge in [0, 0.05) is 5.92 Å². The summed E-state index contributed by atoms with van der Waals surface area (Å²) in [5.74, 6) is 10.4. The van der Waals surface area contributed by atoms with Crippen LogP contribution >= 0.6 is 0 Å². The molecule has 2 aliphatic rings. The molecule has 12 unspecified atom stereocenters. The minimum atomic E-state index is 0.680. The first-order valence-electron chi connectivity index (χ1n) is 23.0. The maximum atomic E-state index is 2.70. The van der Waals surface area contributed by atoms with E-state index >= 15 is 0 Å². The first-order valence-corrected chi connectivity index (χ1v) is 23.0. The van der Waals surface area contributed by atoms with Gasteiger partial charge in [0.1, 0.15) is 0 Å². The predicted molar refractivity (Wildman–Crippen MR) is 228 cm³/mol. The highest BCUT2D eigenvalue weighted by Crippen LogP contribution is 2.49. The van der Waals surface area contributed by atoms with Crippen LogP contribution in [-0.2, 0) is 0 Å². The van der Waals surface area contributed by atoms with Crippen molar-refractivity contribution in [1.82, 2.24) is 0 Å². The van der Waals surface area contributed by atoms with E-state index in [2.05, 4.69) is 108 Å². The average molecular weight is 693 g/mol. The SMILES string of the molecule is CCC=CCCC(CC)=C1CC1C(C)=CC(C)C(CC)C(C)C(C)CC1CCC1C(C)CCC(CC)CCC(C)CCCC(C)C(C)CCC. The van der Waals surface area contributed by atoms with Gasteiger partial charge in [-0.05, 0) is 123 Å². The lowest BCUT2D eigenvalue weighted by Gasteiger charge is -2.44. The molecule has 50 heavy (non-hydrogen) atoms. The molecule has 0 aromatic heterocycles. The van der Waals surface area contributed by atoms with E-state index in [1.807, 2.05) is 0 Å². The Morgan fingerprint density at radius 2 is 1.44 bits per heavy atom. The Labute approximate surface area is 317 Å². The van der Waals surface area contributed by atoms with Crippen LogP contribution < -0.4 is 0 Å². The molecule has 0 N–H and O–H groups in total. The maximum absolute atomic E-state index is 2.70. The third kappa shape index (κ3) is 15.3. The van der Waals surface area contributed by atoms with E-state index in [0.29, 0.717) is 5.92 Å². The largest absolute Gasteiger partial charge is 0.0888 e. The van der Waals surface area contributed by atoms with Gasteiger partial charge >= 0.3 is 0 Å². The highest BCUT2D eigenvalue weighted by molar-refractivity contribution is 5.39. The Bertz CT molecular complexity index is 978. The van der Waals surface area contributed by atoms with Gasteiger partial charge in [0.15, 0.2) is 0 Å². The van der Waals surface area contributed by atoms with Crippen molar-refractivity contribution in [3.05, 3.63) is 34.9 Å². The van der Waals surface area contributed by atoms with Crippen molar-refractivity contribution in [1.29, 1.82) is 0 Å². The molecule has 0 saturated heterocycles. The van der Waals surface area contributed by atoms with Crippen LogP contribution in [0.2, 0.25) is 0 Å². The van der Waals surface area contributed by atoms with E-state index in [9.17, 15) is 0 Å². The second kappa shape index (κ2) is 24.5. The van der Waals surface area contributed by atoms with Gasteiger partial charge in [-0.15, -0.1) is 0 Å². The van der Waals surface area contributed by atoms with Crippen LogP contribution in [0.5, 0.6) is 0 Å². The molecule has 0 nitrogen and oxygen atoms in total. The van der Waals surface area contributed by atoms with Crippen molar-refractivity contribution >= 4 is 0 Å². The third-order valence-corrected chi connectivity index (χ3v) is 15.0. The van der Waals surface area contributed by atoms with Crippen molar-refractivity contribution in [2.75, 3.05) is 0 Å². The zero-order chi connectivity index (χ0) is 37.2. The minimum Gasteiger partial charge on any atom is -0.0888 e. The second-order valence-corrected chi connectivity index (χ2v) is 18.8. The summed E-state index contributed by atoms with van der Waals surface area (Å²) >= 11 is 0. The van der Waals surface area contributed by atoms with E-state index in [1.54, 1.807) is 16.7 Å². The van der Waals surface area contributed by atoms with E-state index in [0.717, 1.165) is 71.5 Å². The molecule has 0 bridgehead atoms. The Morgan fingerprint density at radius 3 is 2.04 bits per heavy atom. The molecular formula is C50H92. The van der Waals surface area contributed by atoms with Gasteiger partial charge in [-0.1, -0.05) is 189 Å². The fourth-order valence-corrected chi connectivity index (χ4v) is 10.5. The lowest BCUT2D eigenvalue weighted by atomic mass is 9.61. The van der Waals surface area contributed by atoms with E-state index in [-0.39, 0.29) is 0 Å². The van der Waals surface area contributed by atoms with Crippen LogP contribution in [-0.4, -0.2) is 0 Å².